The maximum Gasteiger partial charge on any atom is 0.217 e. The lowest BCUT2D eigenvalue weighted by atomic mass is 9.69. The van der Waals surface area contributed by atoms with Crippen LogP contribution < -0.4 is 0 Å². The maximum absolute atomic E-state index is 12.6. The van der Waals surface area contributed by atoms with Gasteiger partial charge < -0.3 is 19.5 Å². The number of ether oxygens (including phenoxy) is 2. The van der Waals surface area contributed by atoms with E-state index in [0.717, 1.165) is 0 Å². The van der Waals surface area contributed by atoms with E-state index in [1.54, 1.807) is 20.1 Å². The Morgan fingerprint density at radius 1 is 1.62 bits per heavy atom. The largest absolute Gasteiger partial charge is 0.395 e. The second-order valence-corrected chi connectivity index (χ2v) is 5.91. The van der Waals surface area contributed by atoms with Gasteiger partial charge in [0, 0.05) is 26.3 Å². The molecule has 3 aliphatic rings. The average molecular weight is 295 g/mol. The van der Waals surface area contributed by atoms with Crippen molar-refractivity contribution in [3.8, 4) is 0 Å². The molecule has 1 aliphatic carbocycles. The molecule has 4 unspecified atom stereocenters. The summed E-state index contributed by atoms with van der Waals surface area (Å²) in [5.41, 5.74) is -0.266. The third-order valence-electron chi connectivity index (χ3n) is 4.76. The molecule has 0 radical (unpaired) electrons. The topological polar surface area (TPSA) is 83.7 Å². The molecule has 7 heteroatoms. The first-order valence-electron chi connectivity index (χ1n) is 7.23. The summed E-state index contributed by atoms with van der Waals surface area (Å²) in [4.78, 5) is 14.5. The van der Waals surface area contributed by atoms with E-state index in [4.69, 9.17) is 9.47 Å². The van der Waals surface area contributed by atoms with Crippen molar-refractivity contribution in [3.63, 3.8) is 0 Å². The Morgan fingerprint density at radius 3 is 3.05 bits per heavy atom. The molecule has 3 rings (SSSR count). The van der Waals surface area contributed by atoms with E-state index in [1.807, 2.05) is 11.8 Å². The molecule has 0 aromatic heterocycles. The number of aliphatic hydroxyl groups is 1. The molecule has 4 atom stereocenters. The summed E-state index contributed by atoms with van der Waals surface area (Å²) in [7, 11) is 1.58. The van der Waals surface area contributed by atoms with Gasteiger partial charge in [0.25, 0.3) is 0 Å². The van der Waals surface area contributed by atoms with Crippen molar-refractivity contribution >= 4 is 5.78 Å². The molecule has 2 aliphatic heterocycles. The Bertz CT molecular complexity index is 518. The van der Waals surface area contributed by atoms with Crippen molar-refractivity contribution < 1.29 is 19.4 Å². The lowest BCUT2D eigenvalue weighted by molar-refractivity contribution is -0.267. The van der Waals surface area contributed by atoms with Crippen molar-refractivity contribution in [2.24, 2.45) is 16.1 Å². The summed E-state index contributed by atoms with van der Waals surface area (Å²) in [5, 5.41) is 17.7. The van der Waals surface area contributed by atoms with Gasteiger partial charge in [-0.05, 0) is 13.8 Å². The van der Waals surface area contributed by atoms with Crippen LogP contribution in [-0.2, 0) is 14.3 Å². The van der Waals surface area contributed by atoms with Crippen LogP contribution in [0.3, 0.4) is 0 Å². The number of carbonyl (C=O) groups excluding carboxylic acids is 1. The van der Waals surface area contributed by atoms with Crippen LogP contribution in [0.2, 0.25) is 0 Å². The number of carbonyl (C=O) groups is 1. The van der Waals surface area contributed by atoms with E-state index in [0.29, 0.717) is 25.4 Å². The second-order valence-electron chi connectivity index (χ2n) is 5.91. The first-order valence-corrected chi connectivity index (χ1v) is 7.23. The number of fused-ring (bicyclic) bond motifs is 3. The Balaban J connectivity index is 2.12. The van der Waals surface area contributed by atoms with Gasteiger partial charge >= 0.3 is 0 Å². The molecule has 0 aromatic carbocycles. The van der Waals surface area contributed by atoms with E-state index in [2.05, 4.69) is 10.2 Å². The first-order chi connectivity index (χ1) is 9.99. The van der Waals surface area contributed by atoms with Gasteiger partial charge in [0.1, 0.15) is 0 Å². The highest BCUT2D eigenvalue weighted by Gasteiger charge is 2.65. The van der Waals surface area contributed by atoms with Crippen LogP contribution in [0, 0.1) is 5.92 Å². The van der Waals surface area contributed by atoms with Gasteiger partial charge in [-0.2, -0.15) is 10.2 Å². The average Bonchev–Trinajstić information content (AvgIpc) is 2.79. The minimum absolute atomic E-state index is 0.0115. The van der Waals surface area contributed by atoms with Gasteiger partial charge in [-0.1, -0.05) is 0 Å². The van der Waals surface area contributed by atoms with Crippen LogP contribution in [0.1, 0.15) is 13.8 Å². The number of nitrogens with zero attached hydrogens (tertiary/aromatic N) is 3. The number of ketones is 1. The molecule has 0 spiro atoms. The smallest absolute Gasteiger partial charge is 0.217 e. The van der Waals surface area contributed by atoms with E-state index in [1.165, 1.54) is 0 Å². The van der Waals surface area contributed by atoms with Crippen LogP contribution in [-0.4, -0.2) is 66.6 Å². The minimum Gasteiger partial charge on any atom is -0.395 e. The molecule has 0 amide bonds. The highest BCUT2D eigenvalue weighted by molar-refractivity contribution is 6.00. The highest BCUT2D eigenvalue weighted by Crippen LogP contribution is 2.51. The molecular formula is C14H21N3O4. The molecule has 1 fully saturated rings. The molecule has 116 valence electrons. The number of azo groups is 1. The zero-order valence-corrected chi connectivity index (χ0v) is 12.6. The molecule has 0 saturated carbocycles. The number of β-amino-alcohol motifs (C(OH)–C–C–N with tert-alkyl or cyclic N) is 1. The standard InChI is InChI=1S/C14H21N3O4/c1-9-12-13(2,16-15-9)11(19)8-10-14(12,20-3)21-7-5-17(10)4-6-18/h8-9,12,18H,4-7H2,1-3H3. The fourth-order valence-electron chi connectivity index (χ4n) is 3.78. The number of hydrogen-bond acceptors (Lipinski definition) is 7. The van der Waals surface area contributed by atoms with Crippen LogP contribution in [0.5, 0.6) is 0 Å². The van der Waals surface area contributed by atoms with Crippen LogP contribution in [0.15, 0.2) is 22.0 Å². The quantitative estimate of drug-likeness (QED) is 0.812. The Morgan fingerprint density at radius 2 is 2.38 bits per heavy atom. The summed E-state index contributed by atoms with van der Waals surface area (Å²) in [6.07, 6.45) is 1.55. The van der Waals surface area contributed by atoms with Gasteiger partial charge in [-0.25, -0.2) is 0 Å². The summed E-state index contributed by atoms with van der Waals surface area (Å²) < 4.78 is 11.8. The first kappa shape index (κ1) is 14.6. The van der Waals surface area contributed by atoms with E-state index < -0.39 is 11.3 Å². The Labute approximate surface area is 123 Å². The van der Waals surface area contributed by atoms with E-state index >= 15 is 0 Å². The lowest BCUT2D eigenvalue weighted by Gasteiger charge is -2.52. The molecule has 21 heavy (non-hydrogen) atoms. The third-order valence-corrected chi connectivity index (χ3v) is 4.76. The summed E-state index contributed by atoms with van der Waals surface area (Å²) in [6.45, 7) is 5.26. The molecular weight excluding hydrogens is 274 g/mol. The van der Waals surface area contributed by atoms with Crippen molar-refractivity contribution in [3.05, 3.63) is 11.8 Å². The van der Waals surface area contributed by atoms with Crippen molar-refractivity contribution in [1.29, 1.82) is 0 Å². The van der Waals surface area contributed by atoms with Crippen molar-refractivity contribution in [1.82, 2.24) is 4.90 Å². The summed E-state index contributed by atoms with van der Waals surface area (Å²) >= 11 is 0. The number of morpholine rings is 1. The molecule has 0 aromatic rings. The monoisotopic (exact) mass is 295 g/mol. The van der Waals surface area contributed by atoms with Crippen molar-refractivity contribution in [2.45, 2.75) is 31.2 Å². The van der Waals surface area contributed by atoms with E-state index in [9.17, 15) is 9.90 Å². The Kier molecular flexibility index (Phi) is 3.38. The molecule has 7 nitrogen and oxygen atoms in total. The minimum atomic E-state index is -1.03. The number of hydrogen-bond donors (Lipinski definition) is 1. The van der Waals surface area contributed by atoms with Crippen LogP contribution >= 0.6 is 0 Å². The SMILES string of the molecule is COC12OCCN(CCO)C1=CC(=O)C1(C)N=NC(C)C12. The number of rotatable bonds is 3. The summed E-state index contributed by atoms with van der Waals surface area (Å²) in [6, 6.07) is -0.170. The fourth-order valence-corrected chi connectivity index (χ4v) is 3.78. The van der Waals surface area contributed by atoms with Crippen LogP contribution in [0.4, 0.5) is 0 Å². The number of methoxy groups -OCH3 is 1. The third kappa shape index (κ3) is 1.81. The molecule has 1 saturated heterocycles. The number of aliphatic hydroxyl groups excluding tert-OH is 1. The normalized spacial score (nSPS) is 41.8. The molecule has 1 N–H and O–H groups in total. The zero-order chi connectivity index (χ0) is 15.3. The lowest BCUT2D eigenvalue weighted by Crippen LogP contribution is -2.65. The van der Waals surface area contributed by atoms with Crippen molar-refractivity contribution in [2.75, 3.05) is 33.4 Å². The highest BCUT2D eigenvalue weighted by atomic mass is 16.7. The Hall–Kier alpha value is -1.31. The zero-order valence-electron chi connectivity index (χ0n) is 12.6. The molecule has 0 bridgehead atoms. The predicted molar refractivity (Wildman–Crippen MR) is 73.7 cm³/mol. The fraction of sp³-hybridized carbons (Fsp3) is 0.786. The van der Waals surface area contributed by atoms with Gasteiger partial charge in [0.2, 0.25) is 5.79 Å². The van der Waals surface area contributed by atoms with Gasteiger partial charge in [-0.15, -0.1) is 0 Å². The van der Waals surface area contributed by atoms with Crippen LogP contribution in [0.25, 0.3) is 0 Å². The molecule has 2 heterocycles. The predicted octanol–water partition coefficient (Wildman–Crippen LogP) is 0.349. The van der Waals surface area contributed by atoms with Gasteiger partial charge in [0.05, 0.1) is 30.9 Å². The summed E-state index contributed by atoms with van der Waals surface area (Å²) in [5.74, 6) is -1.42. The van der Waals surface area contributed by atoms with Gasteiger partial charge in [0.15, 0.2) is 11.3 Å². The van der Waals surface area contributed by atoms with Gasteiger partial charge in [-0.3, -0.25) is 4.79 Å². The second kappa shape index (κ2) is 4.86. The maximum atomic E-state index is 12.6. The van der Waals surface area contributed by atoms with E-state index in [-0.39, 0.29) is 24.3 Å².